The Morgan fingerprint density at radius 1 is 1.00 bits per heavy atom. The highest BCUT2D eigenvalue weighted by Crippen LogP contribution is 2.24. The van der Waals surface area contributed by atoms with Gasteiger partial charge in [-0.3, -0.25) is 9.47 Å². The summed E-state index contributed by atoms with van der Waals surface area (Å²) in [5.74, 6) is 2.61. The highest BCUT2D eigenvalue weighted by Gasteiger charge is 2.17. The zero-order valence-electron chi connectivity index (χ0n) is 17.6. The molecule has 30 heavy (non-hydrogen) atoms. The molecule has 158 valence electrons. The van der Waals surface area contributed by atoms with E-state index in [1.54, 1.807) is 11.8 Å². The second-order valence-corrected chi connectivity index (χ2v) is 8.54. The van der Waals surface area contributed by atoms with Crippen LogP contribution in [-0.2, 0) is 11.3 Å². The molecular weight excluding hydrogens is 396 g/mol. The van der Waals surface area contributed by atoms with E-state index in [0.29, 0.717) is 6.61 Å². The van der Waals surface area contributed by atoms with Crippen molar-refractivity contribution in [3.63, 3.8) is 0 Å². The summed E-state index contributed by atoms with van der Waals surface area (Å²) in [6.07, 6.45) is 0. The van der Waals surface area contributed by atoms with Crippen LogP contribution in [0.4, 0.5) is 0 Å². The lowest BCUT2D eigenvalue weighted by atomic mass is 10.2. The van der Waals surface area contributed by atoms with Gasteiger partial charge in [-0.05, 0) is 49.2 Å². The van der Waals surface area contributed by atoms with Crippen LogP contribution in [-0.4, -0.2) is 58.3 Å². The van der Waals surface area contributed by atoms with Crippen molar-refractivity contribution < 1.29 is 9.47 Å². The molecule has 1 fully saturated rings. The zero-order chi connectivity index (χ0) is 20.8. The lowest BCUT2D eigenvalue weighted by Gasteiger charge is -2.26. The van der Waals surface area contributed by atoms with E-state index in [2.05, 4.69) is 63.8 Å². The topological polar surface area (TPSA) is 52.4 Å². The van der Waals surface area contributed by atoms with E-state index in [1.165, 1.54) is 11.1 Å². The molecule has 2 heterocycles. The van der Waals surface area contributed by atoms with Crippen molar-refractivity contribution >= 4 is 11.8 Å². The van der Waals surface area contributed by atoms with Gasteiger partial charge in [0.05, 0.1) is 13.2 Å². The van der Waals surface area contributed by atoms with Gasteiger partial charge in [-0.1, -0.05) is 36.0 Å². The van der Waals surface area contributed by atoms with E-state index >= 15 is 0 Å². The maximum atomic E-state index is 6.02. The monoisotopic (exact) mass is 424 g/mol. The number of benzene rings is 2. The summed E-state index contributed by atoms with van der Waals surface area (Å²) in [6.45, 7) is 9.20. The minimum absolute atomic E-state index is 0.369. The van der Waals surface area contributed by atoms with Crippen molar-refractivity contribution in [3.05, 3.63) is 65.5 Å². The second-order valence-electron chi connectivity index (χ2n) is 7.48. The fourth-order valence-electron chi connectivity index (χ4n) is 3.46. The fourth-order valence-corrected chi connectivity index (χ4v) is 4.43. The molecule has 7 heteroatoms. The van der Waals surface area contributed by atoms with Crippen molar-refractivity contribution in [2.45, 2.75) is 25.6 Å². The highest BCUT2D eigenvalue weighted by atomic mass is 32.2. The molecule has 0 bridgehead atoms. The molecule has 0 spiro atoms. The Balaban J connectivity index is 1.50. The molecule has 0 atom stereocenters. The Bertz CT molecular complexity index is 969. The van der Waals surface area contributed by atoms with Gasteiger partial charge < -0.3 is 9.47 Å². The van der Waals surface area contributed by atoms with E-state index in [9.17, 15) is 0 Å². The molecule has 0 unspecified atom stereocenters. The molecule has 3 aromatic rings. The first-order valence-corrected chi connectivity index (χ1v) is 11.3. The summed E-state index contributed by atoms with van der Waals surface area (Å²) < 4.78 is 13.6. The number of aromatic nitrogens is 3. The van der Waals surface area contributed by atoms with Gasteiger partial charge in [0.15, 0.2) is 11.0 Å². The van der Waals surface area contributed by atoms with Gasteiger partial charge in [-0.2, -0.15) is 0 Å². The lowest BCUT2D eigenvalue weighted by molar-refractivity contribution is 0.0410. The Morgan fingerprint density at radius 2 is 1.77 bits per heavy atom. The summed E-state index contributed by atoms with van der Waals surface area (Å²) in [5, 5.41) is 9.85. The number of thioether (sulfide) groups is 1. The molecular formula is C23H28N4O2S. The maximum Gasteiger partial charge on any atom is 0.195 e. The summed E-state index contributed by atoms with van der Waals surface area (Å²) in [6, 6.07) is 16.5. The predicted molar refractivity (Wildman–Crippen MR) is 120 cm³/mol. The third-order valence-electron chi connectivity index (χ3n) is 5.06. The first kappa shape index (κ1) is 20.9. The smallest absolute Gasteiger partial charge is 0.195 e. The molecule has 0 saturated carbocycles. The average molecular weight is 425 g/mol. The summed E-state index contributed by atoms with van der Waals surface area (Å²) >= 11 is 1.74. The predicted octanol–water partition coefficient (Wildman–Crippen LogP) is 3.89. The molecule has 6 nitrogen and oxygen atoms in total. The molecule has 0 N–H and O–H groups in total. The normalized spacial score (nSPS) is 14.7. The average Bonchev–Trinajstić information content (AvgIpc) is 3.16. The van der Waals surface area contributed by atoms with Crippen LogP contribution in [0.3, 0.4) is 0 Å². The van der Waals surface area contributed by atoms with E-state index in [0.717, 1.165) is 61.0 Å². The van der Waals surface area contributed by atoms with Gasteiger partial charge in [0.25, 0.3) is 0 Å². The Labute approximate surface area is 182 Å². The molecule has 1 aliphatic rings. The van der Waals surface area contributed by atoms with Crippen LogP contribution < -0.4 is 4.74 Å². The van der Waals surface area contributed by atoms with Crippen LogP contribution in [0.15, 0.2) is 53.7 Å². The van der Waals surface area contributed by atoms with Crippen LogP contribution >= 0.6 is 11.8 Å². The number of nitrogens with zero attached hydrogens (tertiary/aromatic N) is 4. The minimum atomic E-state index is 0.369. The van der Waals surface area contributed by atoms with Crippen LogP contribution in [0.25, 0.3) is 5.69 Å². The summed E-state index contributed by atoms with van der Waals surface area (Å²) in [4.78, 5) is 2.44. The molecule has 0 amide bonds. The molecule has 0 radical (unpaired) electrons. The molecule has 1 aliphatic heterocycles. The highest BCUT2D eigenvalue weighted by molar-refractivity contribution is 7.99. The van der Waals surface area contributed by atoms with Crippen LogP contribution in [0.1, 0.15) is 17.0 Å². The zero-order valence-corrected chi connectivity index (χ0v) is 18.4. The summed E-state index contributed by atoms with van der Waals surface area (Å²) in [5.41, 5.74) is 3.44. The quantitative estimate of drug-likeness (QED) is 0.512. The Hall–Kier alpha value is -2.35. The van der Waals surface area contributed by atoms with E-state index in [1.807, 2.05) is 18.2 Å². The van der Waals surface area contributed by atoms with Gasteiger partial charge in [-0.25, -0.2) is 0 Å². The van der Waals surface area contributed by atoms with E-state index in [-0.39, 0.29) is 0 Å². The summed E-state index contributed by atoms with van der Waals surface area (Å²) in [7, 11) is 0. The van der Waals surface area contributed by atoms with Gasteiger partial charge in [0.1, 0.15) is 12.4 Å². The molecule has 4 rings (SSSR count). The first-order chi connectivity index (χ1) is 14.7. The molecule has 1 aromatic heterocycles. The van der Waals surface area contributed by atoms with Crippen molar-refractivity contribution in [1.29, 1.82) is 0 Å². The third kappa shape index (κ3) is 5.41. The Kier molecular flexibility index (Phi) is 7.04. The lowest BCUT2D eigenvalue weighted by Crippen LogP contribution is -2.37. The number of ether oxygens (including phenoxy) is 2. The minimum Gasteiger partial charge on any atom is -0.486 e. The maximum absolute atomic E-state index is 6.02. The largest absolute Gasteiger partial charge is 0.486 e. The fraction of sp³-hybridized carbons (Fsp3) is 0.391. The van der Waals surface area contributed by atoms with Gasteiger partial charge in [-0.15, -0.1) is 10.2 Å². The number of morpholine rings is 1. The Morgan fingerprint density at radius 3 is 2.53 bits per heavy atom. The van der Waals surface area contributed by atoms with E-state index < -0.39 is 0 Å². The number of rotatable bonds is 8. The van der Waals surface area contributed by atoms with Crippen molar-refractivity contribution in [1.82, 2.24) is 19.7 Å². The molecule has 1 saturated heterocycles. The van der Waals surface area contributed by atoms with E-state index in [4.69, 9.17) is 9.47 Å². The van der Waals surface area contributed by atoms with Gasteiger partial charge in [0, 0.05) is 31.1 Å². The number of hydrogen-bond acceptors (Lipinski definition) is 6. The molecule has 0 aliphatic carbocycles. The standard InChI is InChI=1S/C23H28N4O2S/c1-18-5-3-7-20(15-18)27-22(17-29-21-8-4-6-19(2)16-21)24-25-23(27)30-14-11-26-9-12-28-13-10-26/h3-8,15-16H,9-14,17H2,1-2H3. The van der Waals surface area contributed by atoms with Gasteiger partial charge in [0.2, 0.25) is 0 Å². The third-order valence-corrected chi connectivity index (χ3v) is 5.97. The van der Waals surface area contributed by atoms with Crippen LogP contribution in [0.5, 0.6) is 5.75 Å². The molecule has 2 aromatic carbocycles. The van der Waals surface area contributed by atoms with Crippen LogP contribution in [0.2, 0.25) is 0 Å². The number of hydrogen-bond donors (Lipinski definition) is 0. The van der Waals surface area contributed by atoms with Gasteiger partial charge >= 0.3 is 0 Å². The number of aryl methyl sites for hydroxylation is 2. The first-order valence-electron chi connectivity index (χ1n) is 10.3. The SMILES string of the molecule is Cc1cccc(OCc2nnc(SCCN3CCOCC3)n2-c2cccc(C)c2)c1. The van der Waals surface area contributed by atoms with Crippen molar-refractivity contribution in [2.24, 2.45) is 0 Å². The second kappa shape index (κ2) is 10.1. The van der Waals surface area contributed by atoms with Crippen molar-refractivity contribution in [3.8, 4) is 11.4 Å². The van der Waals surface area contributed by atoms with Crippen LogP contribution in [0, 0.1) is 13.8 Å². The van der Waals surface area contributed by atoms with Crippen molar-refractivity contribution in [2.75, 3.05) is 38.6 Å².